The van der Waals surface area contributed by atoms with Crippen molar-refractivity contribution in [1.82, 2.24) is 5.01 Å². The van der Waals surface area contributed by atoms with Crippen LogP contribution in [0.5, 0.6) is 5.75 Å². The first kappa shape index (κ1) is 19.3. The lowest BCUT2D eigenvalue weighted by Gasteiger charge is -2.17. The maximum absolute atomic E-state index is 12.3. The molecule has 28 heavy (non-hydrogen) atoms. The number of amidine groups is 1. The van der Waals surface area contributed by atoms with Crippen LogP contribution in [-0.2, 0) is 14.8 Å². The highest BCUT2D eigenvalue weighted by Gasteiger charge is 2.31. The molecule has 0 amide bonds. The molecule has 2 aromatic carbocycles. The molecule has 1 aliphatic heterocycles. The van der Waals surface area contributed by atoms with Gasteiger partial charge in [-0.3, -0.25) is 4.79 Å². The third kappa shape index (κ3) is 4.24. The molecule has 0 saturated heterocycles. The van der Waals surface area contributed by atoms with Gasteiger partial charge in [0.25, 0.3) is 10.0 Å². The van der Waals surface area contributed by atoms with Crippen molar-refractivity contribution in [3.63, 3.8) is 0 Å². The second-order valence-corrected chi connectivity index (χ2v) is 7.40. The second-order valence-electron chi connectivity index (χ2n) is 5.82. The lowest BCUT2D eigenvalue weighted by atomic mass is 10.2. The Morgan fingerprint density at radius 3 is 2.64 bits per heavy atom. The molecule has 0 aliphatic carbocycles. The minimum absolute atomic E-state index is 0.118. The summed E-state index contributed by atoms with van der Waals surface area (Å²) in [4.78, 5) is 11.1. The van der Waals surface area contributed by atoms with E-state index in [1.54, 1.807) is 42.5 Å². The summed E-state index contributed by atoms with van der Waals surface area (Å²) >= 11 is 0. The molecular formula is C19H16N4O4S. The zero-order chi connectivity index (χ0) is 20.1. The number of fused-ring (bicyclic) bond motifs is 1. The van der Waals surface area contributed by atoms with Gasteiger partial charge < -0.3 is 4.74 Å². The molecule has 9 heteroatoms. The van der Waals surface area contributed by atoms with Gasteiger partial charge in [0.05, 0.1) is 25.2 Å². The van der Waals surface area contributed by atoms with E-state index in [0.717, 1.165) is 0 Å². The molecule has 0 radical (unpaired) electrons. The topological polar surface area (TPSA) is 112 Å². The van der Waals surface area contributed by atoms with Gasteiger partial charge in [-0.25, -0.2) is 5.01 Å². The summed E-state index contributed by atoms with van der Waals surface area (Å²) in [5.74, 6) is 0.174. The highest BCUT2D eigenvalue weighted by Crippen LogP contribution is 2.27. The lowest BCUT2D eigenvalue weighted by Crippen LogP contribution is -2.27. The van der Waals surface area contributed by atoms with E-state index < -0.39 is 16.0 Å². The molecule has 0 saturated carbocycles. The molecule has 2 aromatic rings. The number of sulfonamides is 1. The van der Waals surface area contributed by atoms with Gasteiger partial charge in [0.15, 0.2) is 5.84 Å². The molecule has 3 rings (SSSR count). The summed E-state index contributed by atoms with van der Waals surface area (Å²) in [5.41, 5.74) is 1.15. The Morgan fingerprint density at radius 2 is 1.96 bits per heavy atom. The Kier molecular flexibility index (Phi) is 5.52. The van der Waals surface area contributed by atoms with E-state index in [4.69, 9.17) is 10.00 Å². The molecule has 0 spiro atoms. The summed E-state index contributed by atoms with van der Waals surface area (Å²) < 4.78 is 33.3. The van der Waals surface area contributed by atoms with Crippen LogP contribution >= 0.6 is 0 Å². The van der Waals surface area contributed by atoms with Crippen molar-refractivity contribution < 1.29 is 17.9 Å². The normalized spacial score (nSPS) is 14.2. The van der Waals surface area contributed by atoms with Crippen molar-refractivity contribution in [2.24, 2.45) is 9.50 Å². The van der Waals surface area contributed by atoms with Crippen molar-refractivity contribution in [3.8, 4) is 11.8 Å². The maximum Gasteiger partial charge on any atom is 0.308 e. The number of ether oxygens (including phenoxy) is 1. The SMILES string of the molecule is CC(=O)Oc1ccc(/C=N/N(CCC#N)C2=NS(=O)(=O)c3ccccc32)cc1. The average molecular weight is 396 g/mol. The van der Waals surface area contributed by atoms with E-state index in [-0.39, 0.29) is 23.7 Å². The Bertz CT molecular complexity index is 1100. The number of hydrazone groups is 1. The van der Waals surface area contributed by atoms with Crippen LogP contribution in [-0.4, -0.2) is 38.0 Å². The van der Waals surface area contributed by atoms with Gasteiger partial charge in [0.1, 0.15) is 10.6 Å². The monoisotopic (exact) mass is 396 g/mol. The number of rotatable bonds is 5. The predicted octanol–water partition coefficient (Wildman–Crippen LogP) is 2.31. The Morgan fingerprint density at radius 1 is 1.25 bits per heavy atom. The van der Waals surface area contributed by atoms with Gasteiger partial charge in [-0.1, -0.05) is 12.1 Å². The van der Waals surface area contributed by atoms with Gasteiger partial charge in [0, 0.05) is 12.5 Å². The molecule has 0 atom stereocenters. The summed E-state index contributed by atoms with van der Waals surface area (Å²) in [5, 5.41) is 14.6. The number of carbonyl (C=O) groups is 1. The Balaban J connectivity index is 1.89. The highest BCUT2D eigenvalue weighted by atomic mass is 32.2. The number of hydrogen-bond donors (Lipinski definition) is 0. The minimum atomic E-state index is -3.78. The van der Waals surface area contributed by atoms with Gasteiger partial charge in [-0.2, -0.15) is 18.8 Å². The molecule has 0 unspecified atom stereocenters. The third-order valence-corrected chi connectivity index (χ3v) is 5.11. The molecule has 0 N–H and O–H groups in total. The molecule has 1 aliphatic rings. The Labute approximate surface area is 162 Å². The van der Waals surface area contributed by atoms with Crippen molar-refractivity contribution >= 4 is 28.0 Å². The summed E-state index contributed by atoms with van der Waals surface area (Å²) in [7, 11) is -3.78. The van der Waals surface area contributed by atoms with Crippen LogP contribution < -0.4 is 4.74 Å². The first-order chi connectivity index (χ1) is 13.4. The molecule has 8 nitrogen and oxygen atoms in total. The number of nitriles is 1. The van der Waals surface area contributed by atoms with Gasteiger partial charge in [-0.15, -0.1) is 4.40 Å². The zero-order valence-corrected chi connectivity index (χ0v) is 15.8. The number of benzene rings is 2. The van der Waals surface area contributed by atoms with Crippen LogP contribution in [0, 0.1) is 11.3 Å². The molecule has 1 heterocycles. The van der Waals surface area contributed by atoms with E-state index in [1.165, 1.54) is 24.2 Å². The number of carbonyl (C=O) groups excluding carboxylic acids is 1. The van der Waals surface area contributed by atoms with E-state index in [0.29, 0.717) is 16.9 Å². The number of nitrogens with zero attached hydrogens (tertiary/aromatic N) is 4. The van der Waals surface area contributed by atoms with Crippen LogP contribution in [0.4, 0.5) is 0 Å². The lowest BCUT2D eigenvalue weighted by molar-refractivity contribution is -0.131. The van der Waals surface area contributed by atoms with E-state index in [2.05, 4.69) is 9.50 Å². The van der Waals surface area contributed by atoms with Crippen molar-refractivity contribution in [1.29, 1.82) is 5.26 Å². The van der Waals surface area contributed by atoms with Crippen molar-refractivity contribution in [2.75, 3.05) is 6.54 Å². The molecule has 142 valence electrons. The minimum Gasteiger partial charge on any atom is -0.427 e. The fraction of sp³-hybridized carbons (Fsp3) is 0.158. The van der Waals surface area contributed by atoms with Crippen LogP contribution in [0.15, 0.2) is 62.9 Å². The first-order valence-corrected chi connectivity index (χ1v) is 9.76. The van der Waals surface area contributed by atoms with E-state index in [9.17, 15) is 13.2 Å². The predicted molar refractivity (Wildman–Crippen MR) is 102 cm³/mol. The zero-order valence-electron chi connectivity index (χ0n) is 14.9. The van der Waals surface area contributed by atoms with Crippen LogP contribution in [0.1, 0.15) is 24.5 Å². The average Bonchev–Trinajstić information content (AvgIpc) is 2.94. The van der Waals surface area contributed by atoms with Crippen LogP contribution in [0.25, 0.3) is 0 Å². The van der Waals surface area contributed by atoms with Gasteiger partial charge in [0.2, 0.25) is 0 Å². The summed E-state index contributed by atoms with van der Waals surface area (Å²) in [6.07, 6.45) is 1.66. The molecule has 0 fully saturated rings. The largest absolute Gasteiger partial charge is 0.427 e. The Hall–Kier alpha value is -3.51. The second kappa shape index (κ2) is 8.02. The molecular weight excluding hydrogens is 380 g/mol. The third-order valence-electron chi connectivity index (χ3n) is 3.78. The van der Waals surface area contributed by atoms with Gasteiger partial charge >= 0.3 is 5.97 Å². The fourth-order valence-corrected chi connectivity index (χ4v) is 3.78. The number of hydrogen-bond acceptors (Lipinski definition) is 7. The first-order valence-electron chi connectivity index (χ1n) is 8.32. The highest BCUT2D eigenvalue weighted by molar-refractivity contribution is 7.90. The molecule has 0 aromatic heterocycles. The van der Waals surface area contributed by atoms with E-state index >= 15 is 0 Å². The fourth-order valence-electron chi connectivity index (χ4n) is 2.57. The summed E-state index contributed by atoms with van der Waals surface area (Å²) in [6.45, 7) is 1.50. The molecule has 0 bridgehead atoms. The maximum atomic E-state index is 12.3. The summed E-state index contributed by atoms with van der Waals surface area (Å²) in [6, 6.07) is 15.1. The quantitative estimate of drug-likeness (QED) is 0.332. The van der Waals surface area contributed by atoms with Crippen LogP contribution in [0.2, 0.25) is 0 Å². The standard InChI is InChI=1S/C19H16N4O4S/c1-14(24)27-16-9-7-15(8-10-16)13-21-23(12-4-11-20)19-17-5-2-3-6-18(17)28(25,26)22-19/h2-3,5-10,13H,4,12H2,1H3/b21-13+. The number of esters is 1. The van der Waals surface area contributed by atoms with Crippen molar-refractivity contribution in [3.05, 3.63) is 59.7 Å². The smallest absolute Gasteiger partial charge is 0.308 e. The van der Waals surface area contributed by atoms with E-state index in [1.807, 2.05) is 6.07 Å². The van der Waals surface area contributed by atoms with Gasteiger partial charge in [-0.05, 0) is 42.0 Å². The van der Waals surface area contributed by atoms with Crippen LogP contribution in [0.3, 0.4) is 0 Å². The van der Waals surface area contributed by atoms with Crippen molar-refractivity contribution in [2.45, 2.75) is 18.2 Å².